The number of aromatic nitrogens is 2. The predicted molar refractivity (Wildman–Crippen MR) is 114 cm³/mol. The fourth-order valence-corrected chi connectivity index (χ4v) is 3.95. The second-order valence-electron chi connectivity index (χ2n) is 8.95. The number of rotatable bonds is 4. The molecule has 8 nitrogen and oxygen atoms in total. The summed E-state index contributed by atoms with van der Waals surface area (Å²) in [7, 11) is 0. The minimum Gasteiger partial charge on any atom is -0.472 e. The fourth-order valence-electron chi connectivity index (χ4n) is 3.95. The first-order valence-corrected chi connectivity index (χ1v) is 10.4. The largest absolute Gasteiger partial charge is 0.472 e. The van der Waals surface area contributed by atoms with Crippen LogP contribution in [-0.2, 0) is 4.74 Å². The van der Waals surface area contributed by atoms with Crippen molar-refractivity contribution in [2.24, 2.45) is 11.8 Å². The zero-order chi connectivity index (χ0) is 21.3. The van der Waals surface area contributed by atoms with Crippen LogP contribution in [0.15, 0.2) is 36.4 Å². The molecule has 30 heavy (non-hydrogen) atoms. The highest BCUT2D eigenvalue weighted by molar-refractivity contribution is 5.86. The number of fused-ring (bicyclic) bond motifs is 3. The molecule has 8 heteroatoms. The topological polar surface area (TPSA) is 93.8 Å². The Labute approximate surface area is 176 Å². The van der Waals surface area contributed by atoms with Crippen LogP contribution < -0.4 is 15.6 Å². The Morgan fingerprint density at radius 1 is 1.10 bits per heavy atom. The first-order valence-electron chi connectivity index (χ1n) is 10.4. The molecule has 3 fully saturated rings. The maximum absolute atomic E-state index is 12.1. The van der Waals surface area contributed by atoms with Gasteiger partial charge in [-0.15, -0.1) is 10.2 Å². The molecular weight excluding hydrogens is 382 g/mol. The highest BCUT2D eigenvalue weighted by atomic mass is 16.6. The van der Waals surface area contributed by atoms with Crippen LogP contribution in [0.3, 0.4) is 0 Å². The van der Waals surface area contributed by atoms with Crippen molar-refractivity contribution in [1.29, 1.82) is 0 Å². The number of amides is 1. The molecule has 1 unspecified atom stereocenters. The molecule has 0 aliphatic carbocycles. The van der Waals surface area contributed by atoms with Crippen LogP contribution in [0.4, 0.5) is 10.5 Å². The number of hydrogen-bond donors (Lipinski definition) is 1. The molecule has 1 atom stereocenters. The van der Waals surface area contributed by atoms with Crippen LogP contribution in [0.1, 0.15) is 33.6 Å². The summed E-state index contributed by atoms with van der Waals surface area (Å²) in [4.78, 5) is 14.6. The lowest BCUT2D eigenvalue weighted by Gasteiger charge is -2.44. The van der Waals surface area contributed by atoms with Crippen molar-refractivity contribution in [2.45, 2.75) is 45.3 Å². The normalized spacial score (nSPS) is 23.1. The third kappa shape index (κ3) is 4.71. The Morgan fingerprint density at radius 2 is 1.80 bits per heavy atom. The van der Waals surface area contributed by atoms with Crippen molar-refractivity contribution in [3.05, 3.63) is 36.4 Å². The van der Waals surface area contributed by atoms with Gasteiger partial charge in [0.2, 0.25) is 5.88 Å². The molecule has 0 saturated carbocycles. The van der Waals surface area contributed by atoms with Crippen LogP contribution in [0.25, 0.3) is 11.3 Å². The standard InChI is InChI=1S/C22H29N5O3/c1-22(2,3)30-21(28)27(23)17-6-4-15(5-7-17)18-8-9-20(25-24-18)29-19-14-26-12-10-16(19)11-13-26/h4-9,16,19H,10-14,23H2,1-3H3. The highest BCUT2D eigenvalue weighted by Crippen LogP contribution is 2.30. The summed E-state index contributed by atoms with van der Waals surface area (Å²) >= 11 is 0. The molecule has 1 aromatic carbocycles. The summed E-state index contributed by atoms with van der Waals surface area (Å²) in [6.07, 6.45) is 1.99. The number of nitrogens with two attached hydrogens (primary N) is 1. The smallest absolute Gasteiger partial charge is 0.429 e. The Kier molecular flexibility index (Phi) is 5.62. The highest BCUT2D eigenvalue weighted by Gasteiger charge is 2.35. The third-order valence-electron chi connectivity index (χ3n) is 5.54. The molecule has 4 heterocycles. The second kappa shape index (κ2) is 8.20. The lowest BCUT2D eigenvalue weighted by Crippen LogP contribution is -2.52. The van der Waals surface area contributed by atoms with E-state index in [1.165, 1.54) is 25.9 Å². The van der Waals surface area contributed by atoms with Gasteiger partial charge in [0.15, 0.2) is 0 Å². The van der Waals surface area contributed by atoms with Crippen molar-refractivity contribution in [3.8, 4) is 17.1 Å². The Hall–Kier alpha value is -2.71. The maximum atomic E-state index is 12.1. The van der Waals surface area contributed by atoms with E-state index in [-0.39, 0.29) is 6.10 Å². The molecule has 3 aliphatic heterocycles. The molecule has 160 valence electrons. The molecular formula is C22H29N5O3. The van der Waals surface area contributed by atoms with Crippen molar-refractivity contribution in [1.82, 2.24) is 15.1 Å². The first-order chi connectivity index (χ1) is 14.3. The molecule has 3 aliphatic rings. The molecule has 0 radical (unpaired) electrons. The Morgan fingerprint density at radius 3 is 2.33 bits per heavy atom. The zero-order valence-corrected chi connectivity index (χ0v) is 17.7. The average molecular weight is 412 g/mol. The number of carbonyl (C=O) groups excluding carboxylic acids is 1. The molecule has 3 saturated heterocycles. The first kappa shape index (κ1) is 20.6. The fraction of sp³-hybridized carbons (Fsp3) is 0.500. The molecule has 1 amide bonds. The Bertz CT molecular complexity index is 871. The van der Waals surface area contributed by atoms with E-state index in [0.717, 1.165) is 22.8 Å². The minimum absolute atomic E-state index is 0.204. The molecule has 2 N–H and O–H groups in total. The van der Waals surface area contributed by atoms with E-state index >= 15 is 0 Å². The van der Waals surface area contributed by atoms with Crippen molar-refractivity contribution in [2.75, 3.05) is 24.6 Å². The second-order valence-corrected chi connectivity index (χ2v) is 8.95. The van der Waals surface area contributed by atoms with Crippen molar-refractivity contribution < 1.29 is 14.3 Å². The van der Waals surface area contributed by atoms with Crippen molar-refractivity contribution in [3.63, 3.8) is 0 Å². The van der Waals surface area contributed by atoms with E-state index < -0.39 is 11.7 Å². The van der Waals surface area contributed by atoms with E-state index in [4.69, 9.17) is 15.3 Å². The van der Waals surface area contributed by atoms with E-state index in [1.54, 1.807) is 32.9 Å². The number of anilines is 1. The molecule has 5 rings (SSSR count). The number of nitrogens with zero attached hydrogens (tertiary/aromatic N) is 4. The minimum atomic E-state index is -0.609. The van der Waals surface area contributed by atoms with Crippen LogP contribution >= 0.6 is 0 Å². The SMILES string of the molecule is CC(C)(C)OC(=O)N(N)c1ccc(-c2ccc(OC3CN4CCC3CC4)nn2)cc1. The third-order valence-corrected chi connectivity index (χ3v) is 5.54. The van der Waals surface area contributed by atoms with Gasteiger partial charge in [0, 0.05) is 18.2 Å². The van der Waals surface area contributed by atoms with E-state index in [9.17, 15) is 4.79 Å². The Balaban J connectivity index is 1.39. The maximum Gasteiger partial charge on any atom is 0.429 e. The van der Waals surface area contributed by atoms with Crippen LogP contribution in [0.5, 0.6) is 5.88 Å². The average Bonchev–Trinajstić information content (AvgIpc) is 2.74. The summed E-state index contributed by atoms with van der Waals surface area (Å²) in [6.45, 7) is 8.72. The van der Waals surface area contributed by atoms with E-state index in [1.807, 2.05) is 24.3 Å². The lowest BCUT2D eigenvalue weighted by atomic mass is 9.86. The number of hydrazine groups is 1. The van der Waals surface area contributed by atoms with Crippen LogP contribution in [0, 0.1) is 5.92 Å². The molecule has 1 aromatic heterocycles. The van der Waals surface area contributed by atoms with Crippen LogP contribution in [0.2, 0.25) is 0 Å². The van der Waals surface area contributed by atoms with Gasteiger partial charge in [-0.3, -0.25) is 4.90 Å². The van der Waals surface area contributed by atoms with E-state index in [2.05, 4.69) is 15.1 Å². The van der Waals surface area contributed by atoms with Gasteiger partial charge < -0.3 is 9.47 Å². The monoisotopic (exact) mass is 411 g/mol. The zero-order valence-electron chi connectivity index (χ0n) is 17.7. The van der Waals surface area contributed by atoms with Gasteiger partial charge in [0.1, 0.15) is 11.7 Å². The van der Waals surface area contributed by atoms with Crippen LogP contribution in [-0.4, -0.2) is 52.5 Å². The van der Waals surface area contributed by atoms with Crippen molar-refractivity contribution >= 4 is 11.8 Å². The lowest BCUT2D eigenvalue weighted by molar-refractivity contribution is -0.0103. The van der Waals surface area contributed by atoms with Gasteiger partial charge in [-0.1, -0.05) is 12.1 Å². The quantitative estimate of drug-likeness (QED) is 0.469. The van der Waals surface area contributed by atoms with Gasteiger partial charge in [0.05, 0.1) is 11.4 Å². The van der Waals surface area contributed by atoms with Gasteiger partial charge in [-0.25, -0.2) is 15.6 Å². The summed E-state index contributed by atoms with van der Waals surface area (Å²) < 4.78 is 11.4. The molecule has 0 spiro atoms. The van der Waals surface area contributed by atoms with Gasteiger partial charge in [0.25, 0.3) is 0 Å². The van der Waals surface area contributed by atoms with Gasteiger partial charge >= 0.3 is 6.09 Å². The summed E-state index contributed by atoms with van der Waals surface area (Å²) in [6, 6.07) is 10.9. The summed E-state index contributed by atoms with van der Waals surface area (Å²) in [5.41, 5.74) is 1.52. The molecule has 2 bridgehead atoms. The number of hydrogen-bond acceptors (Lipinski definition) is 7. The van der Waals surface area contributed by atoms with E-state index in [0.29, 0.717) is 17.5 Å². The predicted octanol–water partition coefficient (Wildman–Crippen LogP) is 3.23. The van der Waals surface area contributed by atoms with Gasteiger partial charge in [-0.05, 0) is 70.8 Å². The number of benzene rings is 1. The number of carbonyl (C=O) groups is 1. The molecule has 2 aromatic rings. The van der Waals surface area contributed by atoms with Gasteiger partial charge in [-0.2, -0.15) is 0 Å². The summed E-state index contributed by atoms with van der Waals surface area (Å²) in [5, 5.41) is 9.56. The number of ether oxygens (including phenoxy) is 2. The summed E-state index contributed by atoms with van der Waals surface area (Å²) in [5.74, 6) is 7.06. The number of piperidine rings is 3.